The Balaban J connectivity index is 2.14. The lowest BCUT2D eigenvalue weighted by molar-refractivity contribution is -0.384. The molecule has 7 nitrogen and oxygen atoms in total. The quantitative estimate of drug-likeness (QED) is 0.372. The van der Waals surface area contributed by atoms with Crippen molar-refractivity contribution in [2.24, 2.45) is 0 Å². The van der Waals surface area contributed by atoms with Crippen LogP contribution in [0.2, 0.25) is 0 Å². The number of hydrogen-bond donors (Lipinski definition) is 1. The van der Waals surface area contributed by atoms with E-state index in [0.717, 1.165) is 18.2 Å². The Hall–Kier alpha value is -3.36. The lowest BCUT2D eigenvalue weighted by Gasteiger charge is -2.09. The maximum absolute atomic E-state index is 13.1. The first-order valence-corrected chi connectivity index (χ1v) is 6.95. The summed E-state index contributed by atoms with van der Waals surface area (Å²) >= 11 is 0. The van der Waals surface area contributed by atoms with Gasteiger partial charge < -0.3 is 10.1 Å². The van der Waals surface area contributed by atoms with Crippen LogP contribution in [-0.2, 0) is 4.74 Å². The standard InChI is InChI=1S/C16H12F2N2O5/c1-19-14-5-3-10(20(23)24)7-11(14)16(22)25-8-15(21)9-2-4-12(17)13(18)6-9/h2-7,19H,8H2,1H3. The highest BCUT2D eigenvalue weighted by molar-refractivity contribution is 6.01. The first-order valence-electron chi connectivity index (χ1n) is 6.95. The van der Waals surface area contributed by atoms with Crippen molar-refractivity contribution in [2.45, 2.75) is 0 Å². The molecule has 0 amide bonds. The Labute approximate surface area is 140 Å². The third-order valence-electron chi connectivity index (χ3n) is 3.28. The van der Waals surface area contributed by atoms with Crippen LogP contribution in [0.5, 0.6) is 0 Å². The average Bonchev–Trinajstić information content (AvgIpc) is 2.60. The molecule has 1 N–H and O–H groups in total. The third kappa shape index (κ3) is 4.14. The van der Waals surface area contributed by atoms with Crippen molar-refractivity contribution in [1.29, 1.82) is 0 Å². The van der Waals surface area contributed by atoms with E-state index in [-0.39, 0.29) is 22.5 Å². The molecule has 0 aliphatic carbocycles. The van der Waals surface area contributed by atoms with Gasteiger partial charge in [0.15, 0.2) is 24.0 Å². The van der Waals surface area contributed by atoms with Crippen LogP contribution in [0.3, 0.4) is 0 Å². The number of nitro groups is 1. The van der Waals surface area contributed by atoms with Gasteiger partial charge in [-0.1, -0.05) is 0 Å². The Morgan fingerprint density at radius 2 is 1.88 bits per heavy atom. The molecule has 9 heteroatoms. The van der Waals surface area contributed by atoms with Crippen molar-refractivity contribution >= 4 is 23.1 Å². The molecule has 0 saturated heterocycles. The van der Waals surface area contributed by atoms with Gasteiger partial charge in [-0.2, -0.15) is 0 Å². The minimum Gasteiger partial charge on any atom is -0.454 e. The first kappa shape index (κ1) is 18.0. The molecule has 0 atom stereocenters. The summed E-state index contributed by atoms with van der Waals surface area (Å²) in [5, 5.41) is 13.5. The fourth-order valence-corrected chi connectivity index (χ4v) is 1.99. The molecule has 0 unspecified atom stereocenters. The highest BCUT2D eigenvalue weighted by Crippen LogP contribution is 2.22. The largest absolute Gasteiger partial charge is 0.454 e. The summed E-state index contributed by atoms with van der Waals surface area (Å²) in [6, 6.07) is 6.07. The molecule has 0 saturated carbocycles. The second-order valence-electron chi connectivity index (χ2n) is 4.87. The zero-order valence-corrected chi connectivity index (χ0v) is 12.9. The predicted molar refractivity (Wildman–Crippen MR) is 83.6 cm³/mol. The Kier molecular flexibility index (Phi) is 5.38. The van der Waals surface area contributed by atoms with E-state index in [1.165, 1.54) is 19.2 Å². The molecular formula is C16H12F2N2O5. The molecule has 0 fully saturated rings. The van der Waals surface area contributed by atoms with Gasteiger partial charge in [-0.05, 0) is 24.3 Å². The molecule has 0 heterocycles. The van der Waals surface area contributed by atoms with E-state index in [2.05, 4.69) is 5.32 Å². The molecule has 0 aliphatic heterocycles. The number of hydrogen-bond acceptors (Lipinski definition) is 6. The number of nitro benzene ring substituents is 1. The Bertz CT molecular complexity index is 854. The number of benzene rings is 2. The van der Waals surface area contributed by atoms with Crippen LogP contribution in [0.15, 0.2) is 36.4 Å². The number of nitrogens with one attached hydrogen (secondary N) is 1. The third-order valence-corrected chi connectivity index (χ3v) is 3.28. The van der Waals surface area contributed by atoms with E-state index in [9.17, 15) is 28.5 Å². The van der Waals surface area contributed by atoms with E-state index in [1.807, 2.05) is 0 Å². The highest BCUT2D eigenvalue weighted by atomic mass is 19.2. The van der Waals surface area contributed by atoms with Gasteiger partial charge in [0.05, 0.1) is 10.5 Å². The molecule has 25 heavy (non-hydrogen) atoms. The molecule has 2 aromatic rings. The van der Waals surface area contributed by atoms with Crippen molar-refractivity contribution in [2.75, 3.05) is 19.0 Å². The number of nitrogens with zero attached hydrogens (tertiary/aromatic N) is 1. The number of non-ortho nitro benzene ring substituents is 1. The summed E-state index contributed by atoms with van der Waals surface area (Å²) in [5.41, 5.74) is -0.344. The van der Waals surface area contributed by atoms with Crippen LogP contribution >= 0.6 is 0 Å². The lowest BCUT2D eigenvalue weighted by atomic mass is 10.1. The van der Waals surface area contributed by atoms with Crippen LogP contribution < -0.4 is 5.32 Å². The molecule has 130 valence electrons. The summed E-state index contributed by atoms with van der Waals surface area (Å²) in [6.45, 7) is -0.726. The number of anilines is 1. The van der Waals surface area contributed by atoms with Crippen LogP contribution in [0.25, 0.3) is 0 Å². The fraction of sp³-hybridized carbons (Fsp3) is 0.125. The summed E-state index contributed by atoms with van der Waals surface area (Å²) in [7, 11) is 1.50. The number of carbonyl (C=O) groups excluding carboxylic acids is 2. The van der Waals surface area contributed by atoms with Crippen molar-refractivity contribution in [3.63, 3.8) is 0 Å². The number of rotatable bonds is 6. The van der Waals surface area contributed by atoms with E-state index < -0.39 is 34.9 Å². The predicted octanol–water partition coefficient (Wildman–Crippen LogP) is 2.95. The molecule has 0 aliphatic rings. The van der Waals surface area contributed by atoms with Gasteiger partial charge in [-0.3, -0.25) is 14.9 Å². The number of ketones is 1. The van der Waals surface area contributed by atoms with Crippen LogP contribution in [-0.4, -0.2) is 30.3 Å². The minimum absolute atomic E-state index is 0.130. The number of Topliss-reactive ketones (excluding diaryl/α,β-unsaturated/α-hetero) is 1. The normalized spacial score (nSPS) is 10.2. The fourth-order valence-electron chi connectivity index (χ4n) is 1.99. The SMILES string of the molecule is CNc1ccc([N+](=O)[O-])cc1C(=O)OCC(=O)c1ccc(F)c(F)c1. The van der Waals surface area contributed by atoms with Gasteiger partial charge in [-0.15, -0.1) is 0 Å². The summed E-state index contributed by atoms with van der Waals surface area (Å²) in [4.78, 5) is 34.1. The van der Waals surface area contributed by atoms with Gasteiger partial charge in [-0.25, -0.2) is 13.6 Å². The van der Waals surface area contributed by atoms with Crippen molar-refractivity contribution < 1.29 is 28.0 Å². The van der Waals surface area contributed by atoms with Crippen molar-refractivity contribution in [1.82, 2.24) is 0 Å². The van der Waals surface area contributed by atoms with Crippen molar-refractivity contribution in [3.8, 4) is 0 Å². The number of ether oxygens (including phenoxy) is 1. The minimum atomic E-state index is -1.20. The number of carbonyl (C=O) groups is 2. The van der Waals surface area contributed by atoms with E-state index in [1.54, 1.807) is 0 Å². The second kappa shape index (κ2) is 7.47. The monoisotopic (exact) mass is 350 g/mol. The molecular weight excluding hydrogens is 338 g/mol. The molecule has 2 rings (SSSR count). The van der Waals surface area contributed by atoms with Gasteiger partial charge >= 0.3 is 5.97 Å². The van der Waals surface area contributed by atoms with Crippen LogP contribution in [0, 0.1) is 21.7 Å². The van der Waals surface area contributed by atoms with E-state index in [4.69, 9.17) is 4.74 Å². The van der Waals surface area contributed by atoms with Gasteiger partial charge in [0.2, 0.25) is 0 Å². The average molecular weight is 350 g/mol. The summed E-state index contributed by atoms with van der Waals surface area (Å²) in [6.07, 6.45) is 0. The molecule has 2 aromatic carbocycles. The number of halogens is 2. The maximum atomic E-state index is 13.1. The van der Waals surface area contributed by atoms with E-state index >= 15 is 0 Å². The first-order chi connectivity index (χ1) is 11.8. The van der Waals surface area contributed by atoms with Crippen molar-refractivity contribution in [3.05, 3.63) is 69.3 Å². The van der Waals surface area contributed by atoms with E-state index in [0.29, 0.717) is 6.07 Å². The highest BCUT2D eigenvalue weighted by Gasteiger charge is 2.19. The topological polar surface area (TPSA) is 98.5 Å². The van der Waals surface area contributed by atoms with Gasteiger partial charge in [0.25, 0.3) is 5.69 Å². The van der Waals surface area contributed by atoms with Gasteiger partial charge in [0.1, 0.15) is 0 Å². The summed E-state index contributed by atoms with van der Waals surface area (Å²) in [5.74, 6) is -4.02. The molecule has 0 aromatic heterocycles. The second-order valence-corrected chi connectivity index (χ2v) is 4.87. The Morgan fingerprint density at radius 1 is 1.16 bits per heavy atom. The molecule has 0 bridgehead atoms. The summed E-state index contributed by atoms with van der Waals surface area (Å²) < 4.78 is 30.8. The molecule has 0 radical (unpaired) electrons. The van der Waals surface area contributed by atoms with Crippen LogP contribution in [0.4, 0.5) is 20.2 Å². The zero-order chi connectivity index (χ0) is 18.6. The number of esters is 1. The van der Waals surface area contributed by atoms with Crippen LogP contribution in [0.1, 0.15) is 20.7 Å². The van der Waals surface area contributed by atoms with Gasteiger partial charge in [0, 0.05) is 30.4 Å². The maximum Gasteiger partial charge on any atom is 0.340 e. The zero-order valence-electron chi connectivity index (χ0n) is 12.9. The smallest absolute Gasteiger partial charge is 0.340 e. The lowest BCUT2D eigenvalue weighted by Crippen LogP contribution is -2.16. The molecule has 0 spiro atoms. The Morgan fingerprint density at radius 3 is 2.48 bits per heavy atom.